The highest BCUT2D eigenvalue weighted by molar-refractivity contribution is 7.77. The Labute approximate surface area is 70.3 Å². The van der Waals surface area contributed by atoms with E-state index in [4.69, 9.17) is 0 Å². The van der Waals surface area contributed by atoms with Crippen LogP contribution in [-0.4, -0.2) is 15.3 Å². The lowest BCUT2D eigenvalue weighted by Gasteiger charge is -2.05. The fourth-order valence-corrected chi connectivity index (χ4v) is 1.06. The van der Waals surface area contributed by atoms with Gasteiger partial charge in [-0.2, -0.15) is 0 Å². The lowest BCUT2D eigenvalue weighted by molar-refractivity contribution is 0.519. The molecule has 0 amide bonds. The van der Waals surface area contributed by atoms with Crippen molar-refractivity contribution >= 4 is 11.3 Å². The van der Waals surface area contributed by atoms with Crippen LogP contribution >= 0.6 is 0 Å². The zero-order chi connectivity index (χ0) is 8.53. The molecule has 0 aliphatic heterocycles. The number of unbranched alkanes of at least 4 members (excludes halogenated alkanes) is 3. The summed E-state index contributed by atoms with van der Waals surface area (Å²) in [5.41, 5.74) is 0. The summed E-state index contributed by atoms with van der Waals surface area (Å²) in [6.07, 6.45) is 5.94. The van der Waals surface area contributed by atoms with E-state index in [1.807, 2.05) is 6.08 Å². The third kappa shape index (κ3) is 9.81. The average molecular weight is 176 g/mol. The van der Waals surface area contributed by atoms with Gasteiger partial charge in [-0.1, -0.05) is 12.5 Å². The molecule has 0 radical (unpaired) electrons. The van der Waals surface area contributed by atoms with Crippen molar-refractivity contribution in [3.8, 4) is 0 Å². The third-order valence-electron chi connectivity index (χ3n) is 1.30. The number of hydrogen-bond donors (Lipinski definition) is 1. The van der Waals surface area contributed by atoms with Gasteiger partial charge in [0, 0.05) is 17.8 Å². The van der Waals surface area contributed by atoms with Crippen LogP contribution in [0.25, 0.3) is 0 Å². The lowest BCUT2D eigenvalue weighted by Crippen LogP contribution is -2.17. The fraction of sp³-hybridized carbons (Fsp3) is 0.714. The van der Waals surface area contributed by atoms with Gasteiger partial charge in [-0.15, -0.1) is 6.58 Å². The Bertz CT molecular complexity index is 128. The van der Waals surface area contributed by atoms with Crippen LogP contribution < -0.4 is 4.72 Å². The predicted octanol–water partition coefficient (Wildman–Crippen LogP) is 1.12. The van der Waals surface area contributed by atoms with Crippen LogP contribution in [0.5, 0.6) is 0 Å². The zero-order valence-electron chi connectivity index (χ0n) is 6.54. The first-order valence-electron chi connectivity index (χ1n) is 3.71. The predicted molar refractivity (Wildman–Crippen MR) is 45.6 cm³/mol. The van der Waals surface area contributed by atoms with Crippen LogP contribution in [0.2, 0.25) is 0 Å². The Hall–Kier alpha value is -0.190. The Morgan fingerprint density at radius 1 is 1.45 bits per heavy atom. The van der Waals surface area contributed by atoms with Gasteiger partial charge in [0.25, 0.3) is 0 Å². The molecule has 4 heteroatoms. The highest BCUT2D eigenvalue weighted by Gasteiger charge is 1.86. The second-order valence-corrected chi connectivity index (χ2v) is 3.03. The zero-order valence-corrected chi connectivity index (χ0v) is 7.36. The first kappa shape index (κ1) is 10.8. The van der Waals surface area contributed by atoms with E-state index < -0.39 is 11.3 Å². The largest absolute Gasteiger partial charge is 0.760 e. The van der Waals surface area contributed by atoms with Gasteiger partial charge in [0.15, 0.2) is 0 Å². The van der Waals surface area contributed by atoms with Crippen molar-refractivity contribution in [3.05, 3.63) is 12.7 Å². The average Bonchev–Trinajstić information content (AvgIpc) is 1.96. The maximum atomic E-state index is 9.96. The minimum Gasteiger partial charge on any atom is -0.760 e. The maximum absolute atomic E-state index is 9.96. The molecular formula is C7H14NO2S-. The summed E-state index contributed by atoms with van der Waals surface area (Å²) < 4.78 is 22.2. The van der Waals surface area contributed by atoms with E-state index in [1.165, 1.54) is 0 Å². The quantitative estimate of drug-likeness (QED) is 0.359. The number of hydrogen-bond acceptors (Lipinski definition) is 2. The van der Waals surface area contributed by atoms with E-state index >= 15 is 0 Å². The summed E-state index contributed by atoms with van der Waals surface area (Å²) in [5.74, 6) is 0. The fourth-order valence-electron chi connectivity index (χ4n) is 0.746. The Morgan fingerprint density at radius 2 is 2.18 bits per heavy atom. The van der Waals surface area contributed by atoms with Crippen LogP contribution in [0.4, 0.5) is 0 Å². The van der Waals surface area contributed by atoms with Gasteiger partial charge >= 0.3 is 0 Å². The molecule has 0 heterocycles. The molecule has 3 nitrogen and oxygen atoms in total. The summed E-state index contributed by atoms with van der Waals surface area (Å²) in [4.78, 5) is 0. The van der Waals surface area contributed by atoms with Gasteiger partial charge in [0.1, 0.15) is 0 Å². The number of rotatable bonds is 7. The summed E-state index contributed by atoms with van der Waals surface area (Å²) in [7, 11) is 0. The van der Waals surface area contributed by atoms with Crippen molar-refractivity contribution < 1.29 is 8.76 Å². The number of allylic oxidation sites excluding steroid dienone is 1. The molecule has 1 N–H and O–H groups in total. The maximum Gasteiger partial charge on any atom is 0.0181 e. The van der Waals surface area contributed by atoms with Gasteiger partial charge in [0.05, 0.1) is 0 Å². The van der Waals surface area contributed by atoms with Crippen LogP contribution in [0.1, 0.15) is 25.7 Å². The van der Waals surface area contributed by atoms with Crippen molar-refractivity contribution in [2.24, 2.45) is 0 Å². The second-order valence-electron chi connectivity index (χ2n) is 2.27. The van der Waals surface area contributed by atoms with E-state index in [0.717, 1.165) is 25.7 Å². The second kappa shape index (κ2) is 7.91. The van der Waals surface area contributed by atoms with E-state index in [0.29, 0.717) is 6.54 Å². The molecule has 0 aromatic carbocycles. The third-order valence-corrected chi connectivity index (χ3v) is 1.74. The molecule has 0 fully saturated rings. The van der Waals surface area contributed by atoms with Crippen molar-refractivity contribution in [3.63, 3.8) is 0 Å². The van der Waals surface area contributed by atoms with Gasteiger partial charge in [0.2, 0.25) is 0 Å². The van der Waals surface area contributed by atoms with Gasteiger partial charge in [-0.25, -0.2) is 4.72 Å². The molecule has 0 saturated heterocycles. The molecule has 1 atom stereocenters. The smallest absolute Gasteiger partial charge is 0.0181 e. The Morgan fingerprint density at radius 3 is 2.73 bits per heavy atom. The lowest BCUT2D eigenvalue weighted by atomic mass is 10.2. The SMILES string of the molecule is C=CCCCCCNS(=O)[O-]. The van der Waals surface area contributed by atoms with Gasteiger partial charge < -0.3 is 4.55 Å². The van der Waals surface area contributed by atoms with E-state index in [-0.39, 0.29) is 0 Å². The highest BCUT2D eigenvalue weighted by Crippen LogP contribution is 1.98. The van der Waals surface area contributed by atoms with Crippen LogP contribution in [-0.2, 0) is 11.3 Å². The molecule has 0 rings (SSSR count). The molecule has 0 aromatic heterocycles. The monoisotopic (exact) mass is 176 g/mol. The molecule has 0 saturated carbocycles. The minimum atomic E-state index is -2.09. The first-order valence-corrected chi connectivity index (χ1v) is 4.78. The Kier molecular flexibility index (Phi) is 7.78. The van der Waals surface area contributed by atoms with Crippen molar-refractivity contribution in [2.75, 3.05) is 6.54 Å². The van der Waals surface area contributed by atoms with Gasteiger partial charge in [-0.3, -0.25) is 4.21 Å². The molecule has 0 spiro atoms. The van der Waals surface area contributed by atoms with Crippen LogP contribution in [0.3, 0.4) is 0 Å². The topological polar surface area (TPSA) is 52.2 Å². The van der Waals surface area contributed by atoms with Crippen molar-refractivity contribution in [1.29, 1.82) is 0 Å². The molecule has 0 aromatic rings. The van der Waals surface area contributed by atoms with Gasteiger partial charge in [-0.05, 0) is 19.3 Å². The summed E-state index contributed by atoms with van der Waals surface area (Å²) >= 11 is -2.09. The molecule has 0 aliphatic carbocycles. The van der Waals surface area contributed by atoms with E-state index in [9.17, 15) is 8.76 Å². The molecule has 1 unspecified atom stereocenters. The van der Waals surface area contributed by atoms with Crippen molar-refractivity contribution in [2.45, 2.75) is 25.7 Å². The summed E-state index contributed by atoms with van der Waals surface area (Å²) in [6, 6.07) is 0. The molecule has 0 aliphatic rings. The standard InChI is InChI=1S/C7H15NO2S/c1-2-3-4-5-6-7-8-11(9)10/h2,8H,1,3-7H2,(H,9,10)/p-1. The molecule has 66 valence electrons. The van der Waals surface area contributed by atoms with Crippen molar-refractivity contribution in [1.82, 2.24) is 4.72 Å². The van der Waals surface area contributed by atoms with Crippen LogP contribution in [0.15, 0.2) is 12.7 Å². The van der Waals surface area contributed by atoms with Crippen LogP contribution in [0, 0.1) is 0 Å². The molecular weight excluding hydrogens is 162 g/mol. The summed E-state index contributed by atoms with van der Waals surface area (Å²) in [5, 5.41) is 0. The number of nitrogens with one attached hydrogen (secondary N) is 1. The normalized spacial score (nSPS) is 12.8. The highest BCUT2D eigenvalue weighted by atomic mass is 32.2. The van der Waals surface area contributed by atoms with E-state index in [1.54, 1.807) is 0 Å². The van der Waals surface area contributed by atoms with E-state index in [2.05, 4.69) is 11.3 Å². The molecule has 0 bridgehead atoms. The Balaban J connectivity index is 2.90. The first-order chi connectivity index (χ1) is 5.27. The summed E-state index contributed by atoms with van der Waals surface area (Å²) in [6.45, 7) is 4.14. The minimum absolute atomic E-state index is 0.549. The molecule has 11 heavy (non-hydrogen) atoms.